The standard InChI is InChI=1S/C36H44N2O4/c1-4-5-6-7-8-9-10-11-12-26-13-15-28(16-14-26)34(39)37-31-21-19-27(20-22-31)29-17-18-30-24-38(35(40)32(30)23-29)33(25(2)3)36(41)42/h13-23,25,33H,4-12,24H2,1-3H3,(H,37,39)(H,41,42). The van der Waals surface area contributed by atoms with Gasteiger partial charge in [0.2, 0.25) is 0 Å². The molecule has 4 rings (SSSR count). The Kier molecular flexibility index (Phi) is 10.9. The zero-order valence-electron chi connectivity index (χ0n) is 25.2. The van der Waals surface area contributed by atoms with Crippen LogP contribution in [0, 0.1) is 5.92 Å². The second-order valence-corrected chi connectivity index (χ2v) is 11.8. The van der Waals surface area contributed by atoms with E-state index < -0.39 is 12.0 Å². The Bertz CT molecular complexity index is 1360. The molecule has 222 valence electrons. The molecular formula is C36H44N2O4. The summed E-state index contributed by atoms with van der Waals surface area (Å²) in [7, 11) is 0. The summed E-state index contributed by atoms with van der Waals surface area (Å²) in [5.74, 6) is -1.58. The van der Waals surface area contributed by atoms with Gasteiger partial charge in [-0.25, -0.2) is 4.79 Å². The molecule has 1 aliphatic rings. The molecule has 3 aromatic rings. The molecule has 2 N–H and O–H groups in total. The van der Waals surface area contributed by atoms with Gasteiger partial charge < -0.3 is 15.3 Å². The predicted molar refractivity (Wildman–Crippen MR) is 169 cm³/mol. The summed E-state index contributed by atoms with van der Waals surface area (Å²) < 4.78 is 0. The van der Waals surface area contributed by atoms with E-state index in [1.165, 1.54) is 61.8 Å². The average molecular weight is 569 g/mol. The number of hydrogen-bond donors (Lipinski definition) is 2. The van der Waals surface area contributed by atoms with E-state index in [-0.39, 0.29) is 17.7 Å². The molecule has 1 heterocycles. The van der Waals surface area contributed by atoms with Gasteiger partial charge in [-0.15, -0.1) is 0 Å². The smallest absolute Gasteiger partial charge is 0.326 e. The molecule has 0 spiro atoms. The number of carbonyl (C=O) groups is 3. The van der Waals surface area contributed by atoms with Gasteiger partial charge in [-0.1, -0.05) is 102 Å². The number of nitrogens with one attached hydrogen (secondary N) is 1. The SMILES string of the molecule is CCCCCCCCCCc1ccc(C(=O)Nc2ccc(-c3ccc4c(c3)C(=O)N(C(C(=O)O)C(C)C)C4)cc2)cc1. The van der Waals surface area contributed by atoms with Crippen LogP contribution in [0.2, 0.25) is 0 Å². The van der Waals surface area contributed by atoms with Crippen LogP contribution in [0.5, 0.6) is 0 Å². The highest BCUT2D eigenvalue weighted by atomic mass is 16.4. The minimum absolute atomic E-state index is 0.150. The molecule has 3 aromatic carbocycles. The van der Waals surface area contributed by atoms with Crippen molar-refractivity contribution in [1.82, 2.24) is 4.90 Å². The van der Waals surface area contributed by atoms with Gasteiger partial charge >= 0.3 is 5.97 Å². The van der Waals surface area contributed by atoms with E-state index in [9.17, 15) is 19.5 Å². The summed E-state index contributed by atoms with van der Waals surface area (Å²) in [4.78, 5) is 39.2. The topological polar surface area (TPSA) is 86.7 Å². The maximum absolute atomic E-state index is 13.1. The van der Waals surface area contributed by atoms with Crippen molar-refractivity contribution in [3.05, 3.63) is 89.0 Å². The number of rotatable bonds is 15. The molecule has 42 heavy (non-hydrogen) atoms. The minimum atomic E-state index is -0.987. The number of carbonyl (C=O) groups excluding carboxylic acids is 2. The highest BCUT2D eigenvalue weighted by Crippen LogP contribution is 2.31. The van der Waals surface area contributed by atoms with E-state index in [4.69, 9.17) is 0 Å². The molecule has 0 radical (unpaired) electrons. The minimum Gasteiger partial charge on any atom is -0.480 e. The zero-order chi connectivity index (χ0) is 30.1. The van der Waals surface area contributed by atoms with Gasteiger partial charge in [0.25, 0.3) is 11.8 Å². The molecule has 1 unspecified atom stereocenters. The monoisotopic (exact) mass is 568 g/mol. The first-order valence-corrected chi connectivity index (χ1v) is 15.5. The van der Waals surface area contributed by atoms with Crippen molar-refractivity contribution in [2.24, 2.45) is 5.92 Å². The number of amides is 2. The Balaban J connectivity index is 1.30. The van der Waals surface area contributed by atoms with Crippen molar-refractivity contribution in [2.45, 2.75) is 91.1 Å². The maximum Gasteiger partial charge on any atom is 0.326 e. The number of carboxylic acids is 1. The number of hydrogen-bond acceptors (Lipinski definition) is 3. The second kappa shape index (κ2) is 14.8. The van der Waals surface area contributed by atoms with E-state index in [0.717, 1.165) is 23.1 Å². The first-order valence-electron chi connectivity index (χ1n) is 15.5. The van der Waals surface area contributed by atoms with Crippen LogP contribution in [0.15, 0.2) is 66.7 Å². The second-order valence-electron chi connectivity index (χ2n) is 11.8. The number of unbranched alkanes of at least 4 members (excludes halogenated alkanes) is 7. The van der Waals surface area contributed by atoms with Crippen molar-refractivity contribution < 1.29 is 19.5 Å². The Morgan fingerprint density at radius 3 is 2.07 bits per heavy atom. The van der Waals surface area contributed by atoms with Crippen molar-refractivity contribution in [3.8, 4) is 11.1 Å². The lowest BCUT2D eigenvalue weighted by molar-refractivity contribution is -0.144. The molecule has 0 aromatic heterocycles. The zero-order valence-corrected chi connectivity index (χ0v) is 25.2. The van der Waals surface area contributed by atoms with Gasteiger partial charge in [0.15, 0.2) is 0 Å². The molecule has 1 atom stereocenters. The van der Waals surface area contributed by atoms with E-state index in [1.54, 1.807) is 0 Å². The van der Waals surface area contributed by atoms with E-state index in [2.05, 4.69) is 24.4 Å². The fourth-order valence-corrected chi connectivity index (χ4v) is 5.74. The number of nitrogens with zero attached hydrogens (tertiary/aromatic N) is 1. The lowest BCUT2D eigenvalue weighted by atomic mass is 10.00. The Morgan fingerprint density at radius 1 is 0.833 bits per heavy atom. The molecule has 6 heteroatoms. The van der Waals surface area contributed by atoms with Crippen molar-refractivity contribution >= 4 is 23.5 Å². The lowest BCUT2D eigenvalue weighted by Crippen LogP contribution is -2.44. The van der Waals surface area contributed by atoms with Crippen LogP contribution >= 0.6 is 0 Å². The third-order valence-corrected chi connectivity index (χ3v) is 8.17. The fourth-order valence-electron chi connectivity index (χ4n) is 5.74. The van der Waals surface area contributed by atoms with E-state index in [0.29, 0.717) is 23.4 Å². The van der Waals surface area contributed by atoms with Gasteiger partial charge in [-0.2, -0.15) is 0 Å². The molecule has 6 nitrogen and oxygen atoms in total. The number of aryl methyl sites for hydroxylation is 1. The predicted octanol–water partition coefficient (Wildman–Crippen LogP) is 8.35. The Morgan fingerprint density at radius 2 is 1.45 bits per heavy atom. The largest absolute Gasteiger partial charge is 0.480 e. The number of fused-ring (bicyclic) bond motifs is 1. The molecule has 1 aliphatic heterocycles. The Hall–Kier alpha value is -3.93. The van der Waals surface area contributed by atoms with Crippen LogP contribution in [-0.4, -0.2) is 33.8 Å². The van der Waals surface area contributed by atoms with Crippen molar-refractivity contribution in [2.75, 3.05) is 5.32 Å². The van der Waals surface area contributed by atoms with Gasteiger partial charge in [0.05, 0.1) is 0 Å². The normalized spacial score (nSPS) is 13.3. The van der Waals surface area contributed by atoms with Gasteiger partial charge in [0.1, 0.15) is 6.04 Å². The lowest BCUT2D eigenvalue weighted by Gasteiger charge is -2.27. The van der Waals surface area contributed by atoms with E-state index in [1.807, 2.05) is 68.4 Å². The third kappa shape index (κ3) is 7.87. The van der Waals surface area contributed by atoms with Crippen LogP contribution in [0.4, 0.5) is 5.69 Å². The van der Waals surface area contributed by atoms with E-state index >= 15 is 0 Å². The summed E-state index contributed by atoms with van der Waals surface area (Å²) >= 11 is 0. The third-order valence-electron chi connectivity index (χ3n) is 8.17. The highest BCUT2D eigenvalue weighted by Gasteiger charge is 2.38. The molecule has 0 fully saturated rings. The van der Waals surface area contributed by atoms with Crippen LogP contribution in [0.25, 0.3) is 11.1 Å². The van der Waals surface area contributed by atoms with Crippen LogP contribution < -0.4 is 5.32 Å². The number of aliphatic carboxylic acids is 1. The summed E-state index contributed by atoms with van der Waals surface area (Å²) in [5, 5.41) is 12.6. The Labute approximate surface area is 250 Å². The first kappa shape index (κ1) is 31.0. The quantitative estimate of drug-likeness (QED) is 0.180. The van der Waals surface area contributed by atoms with Crippen LogP contribution in [0.1, 0.15) is 104 Å². The highest BCUT2D eigenvalue weighted by molar-refractivity contribution is 6.04. The average Bonchev–Trinajstić information content (AvgIpc) is 3.29. The van der Waals surface area contributed by atoms with Gasteiger partial charge in [0, 0.05) is 23.4 Å². The van der Waals surface area contributed by atoms with Crippen molar-refractivity contribution in [1.29, 1.82) is 0 Å². The summed E-state index contributed by atoms with van der Waals surface area (Å²) in [5.41, 5.74) is 5.74. The first-order chi connectivity index (χ1) is 20.3. The molecule has 0 bridgehead atoms. The summed E-state index contributed by atoms with van der Waals surface area (Å²) in [6.45, 7) is 6.18. The van der Waals surface area contributed by atoms with Gasteiger partial charge in [-0.05, 0) is 71.3 Å². The summed E-state index contributed by atoms with van der Waals surface area (Å²) in [6, 6.07) is 20.2. The molecule has 2 amide bonds. The van der Waals surface area contributed by atoms with Crippen LogP contribution in [0.3, 0.4) is 0 Å². The molecule has 0 saturated heterocycles. The number of anilines is 1. The maximum atomic E-state index is 13.1. The molecular weight excluding hydrogens is 524 g/mol. The molecule has 0 saturated carbocycles. The van der Waals surface area contributed by atoms with Gasteiger partial charge in [-0.3, -0.25) is 9.59 Å². The number of benzene rings is 3. The number of carboxylic acid groups (broad SMARTS) is 1. The molecule has 0 aliphatic carbocycles. The fraction of sp³-hybridized carbons (Fsp3) is 0.417. The van der Waals surface area contributed by atoms with Crippen LogP contribution in [-0.2, 0) is 17.8 Å². The summed E-state index contributed by atoms with van der Waals surface area (Å²) in [6.07, 6.45) is 11.5. The van der Waals surface area contributed by atoms with Crippen molar-refractivity contribution in [3.63, 3.8) is 0 Å².